The molecule has 0 aliphatic carbocycles. The van der Waals surface area contributed by atoms with Gasteiger partial charge in [-0.2, -0.15) is 4.68 Å². The van der Waals surface area contributed by atoms with Gasteiger partial charge in [-0.15, -0.1) is 16.4 Å². The molecule has 1 aliphatic heterocycles. The lowest BCUT2D eigenvalue weighted by molar-refractivity contribution is -0.0962. The second-order valence-corrected chi connectivity index (χ2v) is 8.81. The van der Waals surface area contributed by atoms with E-state index in [1.807, 2.05) is 18.7 Å². The van der Waals surface area contributed by atoms with Gasteiger partial charge in [0.25, 0.3) is 5.91 Å². The van der Waals surface area contributed by atoms with Crippen LogP contribution in [0, 0.1) is 19.8 Å². The number of carbonyl (C=O) groups is 1. The van der Waals surface area contributed by atoms with Gasteiger partial charge in [-0.3, -0.25) is 4.79 Å². The number of nitrogens with zero attached hydrogens (tertiary/aromatic N) is 5. The molecule has 7 nitrogen and oxygen atoms in total. The monoisotopic (exact) mass is 391 g/mol. The molecule has 8 heteroatoms. The molecule has 0 saturated carbocycles. The maximum absolute atomic E-state index is 13.5. The lowest BCUT2D eigenvalue weighted by Crippen LogP contribution is -2.51. The summed E-state index contributed by atoms with van der Waals surface area (Å²) in [6.45, 7) is 11.8. The minimum absolute atomic E-state index is 0.0535. The predicted octanol–water partition coefficient (Wildman–Crippen LogP) is 3.40. The van der Waals surface area contributed by atoms with E-state index in [9.17, 15) is 4.79 Å². The highest BCUT2D eigenvalue weighted by atomic mass is 32.1. The zero-order valence-electron chi connectivity index (χ0n) is 16.8. The SMILES string of the molecule is CCCC[C@@H]1CN(C(=O)c2c(-n3cnnn3)sc(C)c2C)C[C@H](C(C)C)O1. The molecular formula is C19H29N5O2S. The smallest absolute Gasteiger partial charge is 0.257 e. The van der Waals surface area contributed by atoms with Crippen LogP contribution in [0.4, 0.5) is 0 Å². The normalized spacial score (nSPS) is 20.4. The fourth-order valence-electron chi connectivity index (χ4n) is 3.43. The quantitative estimate of drug-likeness (QED) is 0.755. The number of tetrazole rings is 1. The largest absolute Gasteiger partial charge is 0.371 e. The Morgan fingerprint density at radius 3 is 2.78 bits per heavy atom. The first-order valence-electron chi connectivity index (χ1n) is 9.70. The van der Waals surface area contributed by atoms with Crippen molar-refractivity contribution in [3.63, 3.8) is 0 Å². The van der Waals surface area contributed by atoms with Gasteiger partial charge in [0.2, 0.25) is 0 Å². The fraction of sp³-hybridized carbons (Fsp3) is 0.684. The second-order valence-electron chi connectivity index (χ2n) is 7.61. The van der Waals surface area contributed by atoms with Crippen LogP contribution in [0.2, 0.25) is 0 Å². The Hall–Kier alpha value is -1.80. The van der Waals surface area contributed by atoms with E-state index in [0.717, 1.165) is 34.7 Å². The van der Waals surface area contributed by atoms with E-state index in [1.54, 1.807) is 22.3 Å². The average molecular weight is 392 g/mol. The maximum Gasteiger partial charge on any atom is 0.257 e. The number of morpholine rings is 1. The Kier molecular flexibility index (Phi) is 6.26. The average Bonchev–Trinajstić information content (AvgIpc) is 3.28. The highest BCUT2D eigenvalue weighted by Crippen LogP contribution is 2.32. The summed E-state index contributed by atoms with van der Waals surface area (Å²) in [5.74, 6) is 0.423. The van der Waals surface area contributed by atoms with Crippen molar-refractivity contribution in [2.45, 2.75) is 66.1 Å². The van der Waals surface area contributed by atoms with Gasteiger partial charge in [-0.25, -0.2) is 0 Å². The molecule has 2 aromatic heterocycles. The molecule has 1 saturated heterocycles. The number of aryl methyl sites for hydroxylation is 1. The summed E-state index contributed by atoms with van der Waals surface area (Å²) >= 11 is 1.55. The summed E-state index contributed by atoms with van der Waals surface area (Å²) in [5.41, 5.74) is 1.72. The molecule has 1 amide bonds. The summed E-state index contributed by atoms with van der Waals surface area (Å²) in [6.07, 6.45) is 4.95. The summed E-state index contributed by atoms with van der Waals surface area (Å²) in [4.78, 5) is 16.6. The van der Waals surface area contributed by atoms with E-state index in [0.29, 0.717) is 24.6 Å². The Bertz CT molecular complexity index is 771. The van der Waals surface area contributed by atoms with Gasteiger partial charge in [0, 0.05) is 18.0 Å². The number of hydrogen-bond donors (Lipinski definition) is 0. The maximum atomic E-state index is 13.5. The number of hydrogen-bond acceptors (Lipinski definition) is 6. The third-order valence-electron chi connectivity index (χ3n) is 5.24. The molecule has 2 aromatic rings. The van der Waals surface area contributed by atoms with Gasteiger partial charge in [0.15, 0.2) is 0 Å². The van der Waals surface area contributed by atoms with Crippen molar-refractivity contribution < 1.29 is 9.53 Å². The van der Waals surface area contributed by atoms with E-state index in [4.69, 9.17) is 4.74 Å². The Morgan fingerprint density at radius 2 is 2.15 bits per heavy atom. The van der Waals surface area contributed by atoms with Crippen LogP contribution in [0.1, 0.15) is 60.8 Å². The Balaban J connectivity index is 1.90. The zero-order chi connectivity index (χ0) is 19.6. The van der Waals surface area contributed by atoms with E-state index in [1.165, 1.54) is 0 Å². The Labute approximate surface area is 164 Å². The molecule has 0 radical (unpaired) electrons. The molecule has 0 bridgehead atoms. The van der Waals surface area contributed by atoms with Gasteiger partial charge in [-0.05, 0) is 42.2 Å². The van der Waals surface area contributed by atoms with Crippen molar-refractivity contribution in [3.8, 4) is 5.00 Å². The molecule has 2 atom stereocenters. The molecule has 27 heavy (non-hydrogen) atoms. The van der Waals surface area contributed by atoms with Crippen molar-refractivity contribution in [1.29, 1.82) is 0 Å². The standard InChI is InChI=1S/C19H29N5O2S/c1-6-7-8-15-9-23(10-16(26-15)12(2)3)18(25)17-13(4)14(5)27-19(17)24-11-20-21-22-24/h11-12,15-16H,6-10H2,1-5H3/t15-,16-/m1/s1. The highest BCUT2D eigenvalue weighted by molar-refractivity contribution is 7.15. The van der Waals surface area contributed by atoms with Crippen molar-refractivity contribution in [1.82, 2.24) is 25.1 Å². The topological polar surface area (TPSA) is 73.1 Å². The van der Waals surface area contributed by atoms with Crippen molar-refractivity contribution in [3.05, 3.63) is 22.3 Å². The van der Waals surface area contributed by atoms with Gasteiger partial charge in [0.1, 0.15) is 11.3 Å². The number of thiophene rings is 1. The van der Waals surface area contributed by atoms with Crippen LogP contribution in [0.25, 0.3) is 5.00 Å². The van der Waals surface area contributed by atoms with Crippen LogP contribution in [-0.4, -0.2) is 56.3 Å². The van der Waals surface area contributed by atoms with Crippen LogP contribution < -0.4 is 0 Å². The van der Waals surface area contributed by atoms with Gasteiger partial charge in [0.05, 0.1) is 17.8 Å². The van der Waals surface area contributed by atoms with Crippen LogP contribution in [-0.2, 0) is 4.74 Å². The van der Waals surface area contributed by atoms with Gasteiger partial charge in [-0.1, -0.05) is 33.6 Å². The summed E-state index contributed by atoms with van der Waals surface area (Å²) in [5, 5.41) is 12.2. The number of ether oxygens (including phenoxy) is 1. The van der Waals surface area contributed by atoms with Crippen LogP contribution in [0.3, 0.4) is 0 Å². The number of rotatable bonds is 6. The van der Waals surface area contributed by atoms with E-state index >= 15 is 0 Å². The third kappa shape index (κ3) is 4.21. The van der Waals surface area contributed by atoms with E-state index < -0.39 is 0 Å². The van der Waals surface area contributed by atoms with E-state index in [-0.39, 0.29) is 18.1 Å². The lowest BCUT2D eigenvalue weighted by Gasteiger charge is -2.40. The molecule has 0 aromatic carbocycles. The van der Waals surface area contributed by atoms with Crippen molar-refractivity contribution >= 4 is 17.2 Å². The van der Waals surface area contributed by atoms with Crippen LogP contribution in [0.5, 0.6) is 0 Å². The summed E-state index contributed by atoms with van der Waals surface area (Å²) in [6, 6.07) is 0. The molecule has 0 N–H and O–H groups in total. The molecule has 0 spiro atoms. The fourth-order valence-corrected chi connectivity index (χ4v) is 4.50. The first-order valence-corrected chi connectivity index (χ1v) is 10.5. The van der Waals surface area contributed by atoms with Crippen LogP contribution >= 0.6 is 11.3 Å². The molecule has 0 unspecified atom stereocenters. The Morgan fingerprint density at radius 1 is 1.37 bits per heavy atom. The van der Waals surface area contributed by atoms with Crippen molar-refractivity contribution in [2.75, 3.05) is 13.1 Å². The highest BCUT2D eigenvalue weighted by Gasteiger charge is 2.34. The molecule has 3 heterocycles. The summed E-state index contributed by atoms with van der Waals surface area (Å²) in [7, 11) is 0. The van der Waals surface area contributed by atoms with Crippen LogP contribution in [0.15, 0.2) is 6.33 Å². The lowest BCUT2D eigenvalue weighted by atomic mass is 10.0. The minimum atomic E-state index is 0.0535. The molecule has 3 rings (SSSR count). The number of aromatic nitrogens is 4. The van der Waals surface area contributed by atoms with Gasteiger partial charge >= 0.3 is 0 Å². The molecule has 148 valence electrons. The first-order chi connectivity index (χ1) is 12.9. The van der Waals surface area contributed by atoms with E-state index in [2.05, 4.69) is 36.3 Å². The predicted molar refractivity (Wildman–Crippen MR) is 105 cm³/mol. The number of unbranched alkanes of at least 4 members (excludes halogenated alkanes) is 1. The molecule has 1 aliphatic rings. The van der Waals surface area contributed by atoms with Crippen molar-refractivity contribution in [2.24, 2.45) is 5.92 Å². The third-order valence-corrected chi connectivity index (χ3v) is 6.44. The first kappa shape index (κ1) is 19.9. The zero-order valence-corrected chi connectivity index (χ0v) is 17.6. The summed E-state index contributed by atoms with van der Waals surface area (Å²) < 4.78 is 7.87. The molecular weight excluding hydrogens is 362 g/mol. The van der Waals surface area contributed by atoms with Gasteiger partial charge < -0.3 is 9.64 Å². The number of amides is 1. The molecule has 1 fully saturated rings. The second kappa shape index (κ2) is 8.48. The number of carbonyl (C=O) groups excluding carboxylic acids is 1. The minimum Gasteiger partial charge on any atom is -0.371 e.